The maximum atomic E-state index is 6.42. The Labute approximate surface area is 366 Å². The zero-order valence-electron chi connectivity index (χ0n) is 34.3. The maximum absolute atomic E-state index is 6.42. The molecule has 0 atom stereocenters. The standard InChI is InChI=1S/C57H34N6O/c1-3-15-34(16-4-1)54-59-55(35-17-5-2-6-18-35)61-56(60-54)43-32-38(62-44-24-12-9-21-40(44)52-46(62)29-30-49-53(52)42-23-11-14-26-48(42)64-49)33-58-57(43)63-45-25-13-10-22-41(45)51-47(63)28-27-37-31-36-19-7-8-20-39(36)50(37)51/h1-30,32-33H,31H2. The van der Waals surface area contributed by atoms with Crippen LogP contribution in [-0.2, 0) is 6.42 Å². The first-order valence-electron chi connectivity index (χ1n) is 21.6. The Morgan fingerprint density at radius 2 is 1.00 bits per heavy atom. The van der Waals surface area contributed by atoms with E-state index in [1.54, 1.807) is 0 Å². The number of para-hydroxylation sites is 3. The molecule has 13 aromatic rings. The minimum absolute atomic E-state index is 0.526. The molecule has 0 spiro atoms. The summed E-state index contributed by atoms with van der Waals surface area (Å²) in [6, 6.07) is 65.7. The van der Waals surface area contributed by atoms with Crippen LogP contribution < -0.4 is 0 Å². The van der Waals surface area contributed by atoms with E-state index in [4.69, 9.17) is 24.4 Å². The highest BCUT2D eigenvalue weighted by molar-refractivity contribution is 6.27. The molecule has 0 saturated carbocycles. The van der Waals surface area contributed by atoms with E-state index in [1.807, 2.05) is 79.0 Å². The molecule has 0 bridgehead atoms. The lowest BCUT2D eigenvalue weighted by Crippen LogP contribution is -2.07. The van der Waals surface area contributed by atoms with Gasteiger partial charge in [-0.1, -0.05) is 146 Å². The van der Waals surface area contributed by atoms with Crippen LogP contribution in [0.25, 0.3) is 122 Å². The van der Waals surface area contributed by atoms with Gasteiger partial charge in [-0.3, -0.25) is 4.57 Å². The molecule has 0 radical (unpaired) electrons. The minimum atomic E-state index is 0.526. The van der Waals surface area contributed by atoms with Crippen molar-refractivity contribution in [2.24, 2.45) is 0 Å². The molecule has 0 amide bonds. The van der Waals surface area contributed by atoms with Crippen LogP contribution in [0.1, 0.15) is 11.1 Å². The SMILES string of the molecule is c1ccc(-c2nc(-c3ccccc3)nc(-c3cc(-n4c5ccccc5c5c6c(ccc54)oc4ccccc46)cnc3-n3c4ccccc4c4c5c(ccc43)Cc3ccccc3-5)n2)cc1. The van der Waals surface area contributed by atoms with Crippen molar-refractivity contribution in [2.45, 2.75) is 6.42 Å². The van der Waals surface area contributed by atoms with Crippen LogP contribution in [-0.4, -0.2) is 29.1 Å². The van der Waals surface area contributed by atoms with Crippen molar-refractivity contribution in [3.8, 4) is 56.8 Å². The average molecular weight is 819 g/mol. The molecule has 0 unspecified atom stereocenters. The van der Waals surface area contributed by atoms with Gasteiger partial charge in [-0.25, -0.2) is 19.9 Å². The lowest BCUT2D eigenvalue weighted by Gasteiger charge is -2.16. The van der Waals surface area contributed by atoms with Crippen LogP contribution in [0.3, 0.4) is 0 Å². The number of furan rings is 1. The van der Waals surface area contributed by atoms with Crippen molar-refractivity contribution in [3.05, 3.63) is 205 Å². The van der Waals surface area contributed by atoms with Crippen LogP contribution in [0.5, 0.6) is 0 Å². The van der Waals surface area contributed by atoms with Crippen molar-refractivity contribution in [2.75, 3.05) is 0 Å². The van der Waals surface area contributed by atoms with Gasteiger partial charge in [0.1, 0.15) is 17.0 Å². The summed E-state index contributed by atoms with van der Waals surface area (Å²) in [5.41, 5.74) is 14.7. The summed E-state index contributed by atoms with van der Waals surface area (Å²) in [5, 5.41) is 6.86. The fourth-order valence-electron chi connectivity index (χ4n) is 10.3. The number of aromatic nitrogens is 6. The van der Waals surface area contributed by atoms with Crippen LogP contribution in [0, 0.1) is 0 Å². The van der Waals surface area contributed by atoms with Gasteiger partial charge in [0.15, 0.2) is 17.5 Å². The van der Waals surface area contributed by atoms with E-state index < -0.39 is 0 Å². The molecule has 7 nitrogen and oxygen atoms in total. The average Bonchev–Trinajstić information content (AvgIpc) is 4.12. The number of benzene rings is 8. The van der Waals surface area contributed by atoms with Gasteiger partial charge in [0.05, 0.1) is 39.5 Å². The van der Waals surface area contributed by atoms with Crippen LogP contribution in [0.2, 0.25) is 0 Å². The molecule has 0 N–H and O–H groups in total. The van der Waals surface area contributed by atoms with Gasteiger partial charge in [0, 0.05) is 43.4 Å². The van der Waals surface area contributed by atoms with Crippen molar-refractivity contribution in [1.82, 2.24) is 29.1 Å². The Hall–Kier alpha value is -8.68. The number of pyridine rings is 1. The summed E-state index contributed by atoms with van der Waals surface area (Å²) < 4.78 is 11.1. The molecule has 0 aliphatic heterocycles. The van der Waals surface area contributed by atoms with E-state index in [2.05, 4.69) is 124 Å². The smallest absolute Gasteiger partial charge is 0.167 e. The highest BCUT2D eigenvalue weighted by atomic mass is 16.3. The van der Waals surface area contributed by atoms with Crippen molar-refractivity contribution in [1.29, 1.82) is 0 Å². The van der Waals surface area contributed by atoms with E-state index in [9.17, 15) is 0 Å². The number of nitrogens with zero attached hydrogens (tertiary/aromatic N) is 6. The second-order valence-electron chi connectivity index (χ2n) is 16.6. The molecule has 8 aromatic carbocycles. The molecule has 1 aliphatic rings. The van der Waals surface area contributed by atoms with E-state index in [1.165, 1.54) is 33.0 Å². The summed E-state index contributed by atoms with van der Waals surface area (Å²) in [4.78, 5) is 21.3. The third-order valence-electron chi connectivity index (χ3n) is 13.0. The summed E-state index contributed by atoms with van der Waals surface area (Å²) in [6.07, 6.45) is 2.91. The molecule has 64 heavy (non-hydrogen) atoms. The number of hydrogen-bond acceptors (Lipinski definition) is 5. The number of hydrogen-bond donors (Lipinski definition) is 0. The van der Waals surface area contributed by atoms with Gasteiger partial charge < -0.3 is 8.98 Å². The van der Waals surface area contributed by atoms with Crippen LogP contribution in [0.4, 0.5) is 0 Å². The second kappa shape index (κ2) is 13.4. The fourth-order valence-corrected chi connectivity index (χ4v) is 10.3. The summed E-state index contributed by atoms with van der Waals surface area (Å²) >= 11 is 0. The van der Waals surface area contributed by atoms with Crippen LogP contribution in [0.15, 0.2) is 199 Å². The monoisotopic (exact) mass is 818 g/mol. The van der Waals surface area contributed by atoms with Crippen molar-refractivity contribution >= 4 is 65.6 Å². The summed E-state index contributed by atoms with van der Waals surface area (Å²) in [6.45, 7) is 0. The molecular weight excluding hydrogens is 785 g/mol. The topological polar surface area (TPSA) is 74.6 Å². The molecule has 7 heteroatoms. The van der Waals surface area contributed by atoms with E-state index in [-0.39, 0.29) is 0 Å². The first-order valence-corrected chi connectivity index (χ1v) is 21.6. The van der Waals surface area contributed by atoms with Crippen molar-refractivity contribution < 1.29 is 4.42 Å². The Morgan fingerprint density at radius 1 is 0.406 bits per heavy atom. The highest BCUT2D eigenvalue weighted by Gasteiger charge is 2.28. The maximum Gasteiger partial charge on any atom is 0.167 e. The lowest BCUT2D eigenvalue weighted by molar-refractivity contribution is 0.669. The summed E-state index contributed by atoms with van der Waals surface area (Å²) in [7, 11) is 0. The normalized spacial score (nSPS) is 12.3. The van der Waals surface area contributed by atoms with Gasteiger partial charge in [-0.05, 0) is 71.1 Å². The molecular formula is C57H34N6O. The second-order valence-corrected chi connectivity index (χ2v) is 16.6. The Morgan fingerprint density at radius 3 is 1.77 bits per heavy atom. The zero-order valence-corrected chi connectivity index (χ0v) is 34.3. The van der Waals surface area contributed by atoms with Gasteiger partial charge in [-0.2, -0.15) is 0 Å². The number of rotatable bonds is 5. The Kier molecular flexibility index (Phi) is 7.33. The van der Waals surface area contributed by atoms with Gasteiger partial charge >= 0.3 is 0 Å². The minimum Gasteiger partial charge on any atom is -0.456 e. The van der Waals surface area contributed by atoms with Gasteiger partial charge in [0.25, 0.3) is 0 Å². The molecule has 0 saturated heterocycles. The Balaban J connectivity index is 1.10. The van der Waals surface area contributed by atoms with Gasteiger partial charge in [-0.15, -0.1) is 0 Å². The van der Waals surface area contributed by atoms with E-state index in [0.29, 0.717) is 17.5 Å². The highest BCUT2D eigenvalue weighted by Crippen LogP contribution is 2.47. The molecule has 5 heterocycles. The predicted molar refractivity (Wildman–Crippen MR) is 258 cm³/mol. The molecule has 1 aliphatic carbocycles. The lowest BCUT2D eigenvalue weighted by atomic mass is 9.99. The molecule has 5 aromatic heterocycles. The first kappa shape index (κ1) is 35.0. The Bertz CT molecular complexity index is 3990. The predicted octanol–water partition coefficient (Wildman–Crippen LogP) is 13.9. The first-order chi connectivity index (χ1) is 31.7. The molecule has 14 rings (SSSR count). The van der Waals surface area contributed by atoms with E-state index in [0.717, 1.165) is 89.4 Å². The zero-order chi connectivity index (χ0) is 41.9. The third kappa shape index (κ3) is 5.03. The van der Waals surface area contributed by atoms with E-state index >= 15 is 0 Å². The largest absolute Gasteiger partial charge is 0.456 e. The van der Waals surface area contributed by atoms with Crippen molar-refractivity contribution in [3.63, 3.8) is 0 Å². The van der Waals surface area contributed by atoms with Crippen LogP contribution >= 0.6 is 0 Å². The quantitative estimate of drug-likeness (QED) is 0.173. The molecule has 0 fully saturated rings. The summed E-state index contributed by atoms with van der Waals surface area (Å²) in [5.74, 6) is 2.43. The third-order valence-corrected chi connectivity index (χ3v) is 13.0. The van der Waals surface area contributed by atoms with Gasteiger partial charge in [0.2, 0.25) is 0 Å². The fraction of sp³-hybridized carbons (Fsp3) is 0.0175. The molecule has 298 valence electrons. The number of fused-ring (bicyclic) bond motifs is 14.